The van der Waals surface area contributed by atoms with Crippen LogP contribution in [0.15, 0.2) is 24.7 Å². The summed E-state index contributed by atoms with van der Waals surface area (Å²) in [5.41, 5.74) is 1.23. The number of methoxy groups -OCH3 is 1. The molecule has 0 radical (unpaired) electrons. The lowest BCUT2D eigenvalue weighted by atomic mass is 10.00. The van der Waals surface area contributed by atoms with E-state index in [-0.39, 0.29) is 5.91 Å². The predicted molar refractivity (Wildman–Crippen MR) is 94.3 cm³/mol. The Morgan fingerprint density at radius 3 is 3.12 bits per heavy atom. The van der Waals surface area contributed by atoms with Gasteiger partial charge in [0.1, 0.15) is 5.75 Å². The zero-order chi connectivity index (χ0) is 16.9. The number of likely N-dealkylation sites (tertiary alicyclic amines) is 1. The number of amides is 1. The van der Waals surface area contributed by atoms with Crippen molar-refractivity contribution in [2.75, 3.05) is 25.5 Å². The monoisotopic (exact) mass is 346 g/mol. The molecule has 1 saturated heterocycles. The number of pyridine rings is 1. The van der Waals surface area contributed by atoms with Gasteiger partial charge in [-0.2, -0.15) is 0 Å². The van der Waals surface area contributed by atoms with Crippen molar-refractivity contribution in [3.63, 3.8) is 0 Å². The number of hydrogen-bond acceptors (Lipinski definition) is 6. The fourth-order valence-electron chi connectivity index (χ4n) is 3.05. The van der Waals surface area contributed by atoms with Crippen molar-refractivity contribution >= 4 is 22.4 Å². The van der Waals surface area contributed by atoms with Gasteiger partial charge >= 0.3 is 0 Å². The molecule has 0 bridgehead atoms. The summed E-state index contributed by atoms with van der Waals surface area (Å²) in [5.74, 6) is 1.38. The summed E-state index contributed by atoms with van der Waals surface area (Å²) in [6.45, 7) is 4.56. The first-order chi connectivity index (χ1) is 11.6. The second-order valence-electron chi connectivity index (χ2n) is 6.14. The van der Waals surface area contributed by atoms with Crippen LogP contribution in [0.4, 0.5) is 5.13 Å². The Labute approximate surface area is 145 Å². The van der Waals surface area contributed by atoms with Gasteiger partial charge in [0.2, 0.25) is 5.91 Å². The highest BCUT2D eigenvalue weighted by atomic mass is 32.1. The maximum absolute atomic E-state index is 11.1. The standard InChI is InChI=1S/C17H22N4O2S/c1-12(22)20-17-19-9-16(24-17)11-21-4-3-13(10-21)5-14-6-15(23-2)8-18-7-14/h6-9,13H,3-5,10-11H2,1-2H3,(H,19,20,22)/t13-/m1/s1. The Balaban J connectivity index is 1.51. The van der Waals surface area contributed by atoms with Crippen molar-refractivity contribution in [3.8, 4) is 5.75 Å². The molecule has 1 N–H and O–H groups in total. The number of hydrogen-bond donors (Lipinski definition) is 1. The minimum atomic E-state index is -0.0796. The van der Waals surface area contributed by atoms with Gasteiger partial charge in [0.05, 0.1) is 13.3 Å². The van der Waals surface area contributed by atoms with Crippen LogP contribution in [0.1, 0.15) is 23.8 Å². The third-order valence-electron chi connectivity index (χ3n) is 4.12. The van der Waals surface area contributed by atoms with E-state index in [0.29, 0.717) is 11.0 Å². The van der Waals surface area contributed by atoms with Crippen LogP contribution >= 0.6 is 11.3 Å². The van der Waals surface area contributed by atoms with E-state index in [9.17, 15) is 4.79 Å². The average molecular weight is 346 g/mol. The van der Waals surface area contributed by atoms with Gasteiger partial charge in [-0.15, -0.1) is 11.3 Å². The zero-order valence-electron chi connectivity index (χ0n) is 14.0. The molecule has 0 unspecified atom stereocenters. The molecule has 1 amide bonds. The topological polar surface area (TPSA) is 67.3 Å². The van der Waals surface area contributed by atoms with Gasteiger partial charge < -0.3 is 10.1 Å². The predicted octanol–water partition coefficient (Wildman–Crippen LogP) is 2.57. The van der Waals surface area contributed by atoms with Crippen LogP contribution in [0.2, 0.25) is 0 Å². The lowest BCUT2D eigenvalue weighted by Gasteiger charge is -2.14. The molecule has 0 spiro atoms. The average Bonchev–Trinajstić information content (AvgIpc) is 3.17. The maximum Gasteiger partial charge on any atom is 0.223 e. The molecule has 2 aromatic heterocycles. The van der Waals surface area contributed by atoms with Gasteiger partial charge in [0.25, 0.3) is 0 Å². The summed E-state index contributed by atoms with van der Waals surface area (Å²) >= 11 is 1.55. The summed E-state index contributed by atoms with van der Waals surface area (Å²) in [6, 6.07) is 2.07. The number of carbonyl (C=O) groups excluding carboxylic acids is 1. The minimum Gasteiger partial charge on any atom is -0.495 e. The van der Waals surface area contributed by atoms with Gasteiger partial charge in [0.15, 0.2) is 5.13 Å². The van der Waals surface area contributed by atoms with Crippen LogP contribution in [0.3, 0.4) is 0 Å². The van der Waals surface area contributed by atoms with Crippen LogP contribution < -0.4 is 10.1 Å². The van der Waals surface area contributed by atoms with Gasteiger partial charge in [0, 0.05) is 37.3 Å². The fourth-order valence-corrected chi connectivity index (χ4v) is 3.95. The van der Waals surface area contributed by atoms with Crippen LogP contribution in [-0.2, 0) is 17.8 Å². The molecule has 1 aliphatic heterocycles. The zero-order valence-corrected chi connectivity index (χ0v) is 14.8. The Bertz CT molecular complexity index is 703. The number of nitrogens with zero attached hydrogens (tertiary/aromatic N) is 3. The summed E-state index contributed by atoms with van der Waals surface area (Å²) in [6.07, 6.45) is 7.74. The van der Waals surface area contributed by atoms with Gasteiger partial charge in [-0.25, -0.2) is 4.98 Å². The van der Waals surface area contributed by atoms with E-state index < -0.39 is 0 Å². The lowest BCUT2D eigenvalue weighted by molar-refractivity contribution is -0.114. The highest BCUT2D eigenvalue weighted by Crippen LogP contribution is 2.26. The Morgan fingerprint density at radius 2 is 2.33 bits per heavy atom. The van der Waals surface area contributed by atoms with Crippen LogP contribution in [0.25, 0.3) is 0 Å². The Kier molecular flexibility index (Phi) is 5.42. The quantitative estimate of drug-likeness (QED) is 0.871. The van der Waals surface area contributed by atoms with Gasteiger partial charge in [-0.3, -0.25) is 14.7 Å². The molecule has 6 nitrogen and oxygen atoms in total. The molecule has 1 atom stereocenters. The van der Waals surface area contributed by atoms with Crippen molar-refractivity contribution in [2.24, 2.45) is 5.92 Å². The summed E-state index contributed by atoms with van der Waals surface area (Å²) in [4.78, 5) is 23.2. The first-order valence-corrected chi connectivity index (χ1v) is 8.86. The van der Waals surface area contributed by atoms with E-state index in [1.54, 1.807) is 24.6 Å². The molecule has 1 aliphatic rings. The Morgan fingerprint density at radius 1 is 1.46 bits per heavy atom. The van der Waals surface area contributed by atoms with E-state index >= 15 is 0 Å². The molecule has 1 fully saturated rings. The minimum absolute atomic E-state index is 0.0796. The first kappa shape index (κ1) is 16.9. The summed E-state index contributed by atoms with van der Waals surface area (Å²) < 4.78 is 5.24. The van der Waals surface area contributed by atoms with Crippen molar-refractivity contribution in [1.82, 2.24) is 14.9 Å². The number of rotatable bonds is 6. The first-order valence-electron chi connectivity index (χ1n) is 8.05. The molecular weight excluding hydrogens is 324 g/mol. The van der Waals surface area contributed by atoms with Gasteiger partial charge in [-0.05, 0) is 36.9 Å². The molecule has 0 aromatic carbocycles. The normalized spacial score (nSPS) is 17.8. The van der Waals surface area contributed by atoms with Crippen LogP contribution in [0.5, 0.6) is 5.75 Å². The van der Waals surface area contributed by atoms with Crippen molar-refractivity contribution in [1.29, 1.82) is 0 Å². The summed E-state index contributed by atoms with van der Waals surface area (Å²) in [5, 5.41) is 3.41. The SMILES string of the molecule is COc1cncc(C[C@H]2CCN(Cc3cnc(NC(C)=O)s3)C2)c1. The third kappa shape index (κ3) is 4.52. The van der Waals surface area contributed by atoms with Crippen LogP contribution in [-0.4, -0.2) is 41.0 Å². The van der Waals surface area contributed by atoms with Crippen LogP contribution in [0, 0.1) is 5.92 Å². The molecule has 2 aromatic rings. The maximum atomic E-state index is 11.1. The third-order valence-corrected chi connectivity index (χ3v) is 5.01. The number of anilines is 1. The van der Waals surface area contributed by atoms with Crippen molar-refractivity contribution in [3.05, 3.63) is 35.1 Å². The number of thiazole rings is 1. The smallest absolute Gasteiger partial charge is 0.223 e. The lowest BCUT2D eigenvalue weighted by Crippen LogP contribution is -2.20. The van der Waals surface area contributed by atoms with E-state index in [0.717, 1.165) is 31.8 Å². The van der Waals surface area contributed by atoms with Crippen molar-refractivity contribution < 1.29 is 9.53 Å². The molecule has 7 heteroatoms. The number of carbonyl (C=O) groups is 1. The highest BCUT2D eigenvalue weighted by Gasteiger charge is 2.23. The summed E-state index contributed by atoms with van der Waals surface area (Å²) in [7, 11) is 1.67. The fraction of sp³-hybridized carbons (Fsp3) is 0.471. The molecule has 3 heterocycles. The van der Waals surface area contributed by atoms with E-state index in [1.165, 1.54) is 23.8 Å². The van der Waals surface area contributed by atoms with E-state index in [4.69, 9.17) is 4.74 Å². The molecule has 3 rings (SSSR count). The highest BCUT2D eigenvalue weighted by molar-refractivity contribution is 7.15. The Hall–Kier alpha value is -1.99. The molecule has 24 heavy (non-hydrogen) atoms. The number of nitrogens with one attached hydrogen (secondary N) is 1. The van der Waals surface area contributed by atoms with E-state index in [1.807, 2.05) is 12.4 Å². The molecule has 0 saturated carbocycles. The second kappa shape index (κ2) is 7.72. The van der Waals surface area contributed by atoms with Crippen molar-refractivity contribution in [2.45, 2.75) is 26.3 Å². The number of aromatic nitrogens is 2. The molecular formula is C17H22N4O2S. The molecule has 128 valence electrons. The molecule has 0 aliphatic carbocycles. The largest absolute Gasteiger partial charge is 0.495 e. The second-order valence-corrected chi connectivity index (χ2v) is 7.26. The number of ether oxygens (including phenoxy) is 1. The van der Waals surface area contributed by atoms with Gasteiger partial charge in [-0.1, -0.05) is 0 Å². The van der Waals surface area contributed by atoms with E-state index in [2.05, 4.69) is 26.3 Å².